The van der Waals surface area contributed by atoms with Crippen molar-refractivity contribution in [3.63, 3.8) is 0 Å². The number of nitrogens with zero attached hydrogens (tertiary/aromatic N) is 4. The maximum Gasteiger partial charge on any atom is 0.410 e. The molecule has 2 atom stereocenters. The second-order valence-corrected chi connectivity index (χ2v) is 9.49. The van der Waals surface area contributed by atoms with Gasteiger partial charge in [-0.3, -0.25) is 4.79 Å². The fraction of sp³-hybridized carbons (Fsp3) is 0.615. The highest BCUT2D eigenvalue weighted by atomic mass is 16.6. The van der Waals surface area contributed by atoms with E-state index in [0.717, 1.165) is 62.0 Å². The third-order valence-electron chi connectivity index (χ3n) is 7.11. The van der Waals surface area contributed by atoms with Crippen LogP contribution in [0.15, 0.2) is 24.3 Å². The van der Waals surface area contributed by atoms with Crippen LogP contribution in [0.5, 0.6) is 5.75 Å². The Kier molecular flexibility index (Phi) is 8.25. The van der Waals surface area contributed by atoms with Crippen molar-refractivity contribution in [3.05, 3.63) is 30.0 Å². The molecule has 2 aromatic rings. The van der Waals surface area contributed by atoms with Gasteiger partial charge in [-0.2, -0.15) is 0 Å². The van der Waals surface area contributed by atoms with E-state index in [4.69, 9.17) is 14.2 Å². The third-order valence-corrected chi connectivity index (χ3v) is 7.11. The first-order chi connectivity index (χ1) is 17.0. The Morgan fingerprint density at radius 1 is 1.06 bits per heavy atom. The molecule has 1 unspecified atom stereocenters. The molecule has 0 N–H and O–H groups in total. The van der Waals surface area contributed by atoms with Gasteiger partial charge in [-0.15, -0.1) is 5.10 Å². The van der Waals surface area contributed by atoms with E-state index in [9.17, 15) is 9.59 Å². The number of rotatable bonds is 8. The zero-order valence-electron chi connectivity index (χ0n) is 20.9. The van der Waals surface area contributed by atoms with E-state index >= 15 is 0 Å². The Balaban J connectivity index is 1.36. The van der Waals surface area contributed by atoms with Gasteiger partial charge in [0, 0.05) is 25.7 Å². The Hall–Kier alpha value is -3.10. The molecule has 0 bridgehead atoms. The van der Waals surface area contributed by atoms with Gasteiger partial charge in [0.1, 0.15) is 23.7 Å². The molecule has 2 aliphatic carbocycles. The SMILES string of the molecule is CCOC(=O)[C@@H]1CCCC(Oc2ccc(-c3nnn(C)c3COC(=O)N(C)C3CCCC3)cc2)C1. The Bertz CT molecular complexity index is 1000. The van der Waals surface area contributed by atoms with E-state index in [2.05, 4.69) is 10.3 Å². The summed E-state index contributed by atoms with van der Waals surface area (Å²) in [4.78, 5) is 26.3. The maximum absolute atomic E-state index is 12.5. The number of aromatic nitrogens is 3. The Morgan fingerprint density at radius 3 is 2.51 bits per heavy atom. The summed E-state index contributed by atoms with van der Waals surface area (Å²) in [5, 5.41) is 8.43. The molecular formula is C26H36N4O5. The largest absolute Gasteiger partial charge is 0.490 e. The predicted molar refractivity (Wildman–Crippen MR) is 130 cm³/mol. The monoisotopic (exact) mass is 484 g/mol. The van der Waals surface area contributed by atoms with Gasteiger partial charge in [-0.25, -0.2) is 9.48 Å². The van der Waals surface area contributed by atoms with Gasteiger partial charge >= 0.3 is 12.1 Å². The quantitative estimate of drug-likeness (QED) is 0.509. The van der Waals surface area contributed by atoms with Crippen molar-refractivity contribution >= 4 is 12.1 Å². The minimum atomic E-state index is -0.318. The molecule has 1 heterocycles. The summed E-state index contributed by atoms with van der Waals surface area (Å²) in [6.07, 6.45) is 7.45. The highest BCUT2D eigenvalue weighted by Gasteiger charge is 2.29. The zero-order chi connectivity index (χ0) is 24.8. The summed E-state index contributed by atoms with van der Waals surface area (Å²) in [5.74, 6) is 0.533. The van der Waals surface area contributed by atoms with Gasteiger partial charge in [0.05, 0.1) is 18.6 Å². The first-order valence-corrected chi connectivity index (χ1v) is 12.7. The van der Waals surface area contributed by atoms with Crippen molar-refractivity contribution in [2.45, 2.75) is 77.0 Å². The topological polar surface area (TPSA) is 95.8 Å². The van der Waals surface area contributed by atoms with Crippen LogP contribution in [0.1, 0.15) is 64.0 Å². The molecule has 4 rings (SSSR count). The number of carbonyl (C=O) groups excluding carboxylic acids is 2. The van der Waals surface area contributed by atoms with Crippen molar-refractivity contribution in [2.75, 3.05) is 13.7 Å². The summed E-state index contributed by atoms with van der Waals surface area (Å²) < 4.78 is 18.6. The van der Waals surface area contributed by atoms with Crippen molar-refractivity contribution in [2.24, 2.45) is 13.0 Å². The number of carbonyl (C=O) groups is 2. The summed E-state index contributed by atoms with van der Waals surface area (Å²) in [7, 11) is 3.60. The standard InChI is InChI=1S/C26H36N4O5/c1-4-33-25(31)19-8-7-11-22(16-19)35-21-14-12-18(13-15-21)24-23(30(3)28-27-24)17-34-26(32)29(2)20-9-5-6-10-20/h12-15,19-20,22H,4-11,16-17H2,1-3H3/t19-,22?/m1/s1. The molecule has 2 aliphatic rings. The van der Waals surface area contributed by atoms with Crippen molar-refractivity contribution < 1.29 is 23.8 Å². The normalized spacial score (nSPS) is 20.4. The average Bonchev–Trinajstić information content (AvgIpc) is 3.53. The molecule has 9 heteroatoms. The first-order valence-electron chi connectivity index (χ1n) is 12.7. The molecule has 2 fully saturated rings. The van der Waals surface area contributed by atoms with Crippen LogP contribution in [0.2, 0.25) is 0 Å². The molecule has 0 radical (unpaired) electrons. The fourth-order valence-corrected chi connectivity index (χ4v) is 5.05. The van der Waals surface area contributed by atoms with E-state index in [0.29, 0.717) is 18.7 Å². The van der Waals surface area contributed by atoms with E-state index < -0.39 is 0 Å². The number of hydrogen-bond acceptors (Lipinski definition) is 7. The van der Waals surface area contributed by atoms with Crippen LogP contribution in [0, 0.1) is 5.92 Å². The van der Waals surface area contributed by atoms with Gasteiger partial charge < -0.3 is 19.1 Å². The Morgan fingerprint density at radius 2 is 1.80 bits per heavy atom. The van der Waals surface area contributed by atoms with Crippen LogP contribution in [0.3, 0.4) is 0 Å². The van der Waals surface area contributed by atoms with E-state index in [1.165, 1.54) is 0 Å². The zero-order valence-corrected chi connectivity index (χ0v) is 20.9. The van der Waals surface area contributed by atoms with Crippen LogP contribution in [0.25, 0.3) is 11.3 Å². The number of amides is 1. The van der Waals surface area contributed by atoms with Gasteiger partial charge in [0.15, 0.2) is 0 Å². The van der Waals surface area contributed by atoms with Gasteiger partial charge in [0.2, 0.25) is 0 Å². The van der Waals surface area contributed by atoms with Crippen LogP contribution in [0.4, 0.5) is 4.79 Å². The summed E-state index contributed by atoms with van der Waals surface area (Å²) in [6.45, 7) is 2.34. The second-order valence-electron chi connectivity index (χ2n) is 9.49. The number of hydrogen-bond donors (Lipinski definition) is 0. The molecule has 190 valence electrons. The molecule has 9 nitrogen and oxygen atoms in total. The van der Waals surface area contributed by atoms with Gasteiger partial charge in [-0.05, 0) is 69.7 Å². The lowest BCUT2D eigenvalue weighted by Crippen LogP contribution is -2.35. The minimum Gasteiger partial charge on any atom is -0.490 e. The molecule has 1 aromatic heterocycles. The minimum absolute atomic E-state index is 0.00708. The second kappa shape index (κ2) is 11.6. The van der Waals surface area contributed by atoms with Crippen LogP contribution < -0.4 is 4.74 Å². The summed E-state index contributed by atoms with van der Waals surface area (Å²) >= 11 is 0. The number of ether oxygens (including phenoxy) is 3. The van der Waals surface area contributed by atoms with E-state index in [1.54, 1.807) is 23.7 Å². The lowest BCUT2D eigenvalue weighted by molar-refractivity contribution is -0.150. The highest BCUT2D eigenvalue weighted by Crippen LogP contribution is 2.30. The number of aryl methyl sites for hydroxylation is 1. The molecule has 2 saturated carbocycles. The highest BCUT2D eigenvalue weighted by molar-refractivity contribution is 5.72. The van der Waals surface area contributed by atoms with Gasteiger partial charge in [-0.1, -0.05) is 18.1 Å². The fourth-order valence-electron chi connectivity index (χ4n) is 5.05. The van der Waals surface area contributed by atoms with Gasteiger partial charge in [0.25, 0.3) is 0 Å². The molecule has 0 saturated heterocycles. The molecular weight excluding hydrogens is 448 g/mol. The number of esters is 1. The number of benzene rings is 1. The first kappa shape index (κ1) is 25.0. The smallest absolute Gasteiger partial charge is 0.410 e. The lowest BCUT2D eigenvalue weighted by atomic mass is 9.87. The average molecular weight is 485 g/mol. The summed E-state index contributed by atoms with van der Waals surface area (Å²) in [6, 6.07) is 7.93. The molecule has 1 aromatic carbocycles. The maximum atomic E-state index is 12.5. The van der Waals surface area contributed by atoms with E-state index in [-0.39, 0.29) is 36.7 Å². The third kappa shape index (κ3) is 6.13. The summed E-state index contributed by atoms with van der Waals surface area (Å²) in [5.41, 5.74) is 2.28. The molecule has 1 amide bonds. The Labute approximate surface area is 206 Å². The van der Waals surface area contributed by atoms with E-state index in [1.807, 2.05) is 31.2 Å². The molecule has 0 spiro atoms. The van der Waals surface area contributed by atoms with Crippen molar-refractivity contribution in [1.29, 1.82) is 0 Å². The molecule has 35 heavy (non-hydrogen) atoms. The lowest BCUT2D eigenvalue weighted by Gasteiger charge is -2.28. The molecule has 0 aliphatic heterocycles. The van der Waals surface area contributed by atoms with Crippen molar-refractivity contribution in [1.82, 2.24) is 19.9 Å². The van der Waals surface area contributed by atoms with Crippen LogP contribution in [-0.4, -0.2) is 57.8 Å². The van der Waals surface area contributed by atoms with Crippen molar-refractivity contribution in [3.8, 4) is 17.0 Å². The predicted octanol–water partition coefficient (Wildman–Crippen LogP) is 4.49. The van der Waals surface area contributed by atoms with Crippen LogP contribution >= 0.6 is 0 Å². The van der Waals surface area contributed by atoms with Crippen LogP contribution in [-0.2, 0) is 27.9 Å².